The number of carbonyl (C=O) groups excluding carboxylic acids is 1. The van der Waals surface area contributed by atoms with Gasteiger partial charge in [-0.05, 0) is 6.07 Å². The Bertz CT molecular complexity index is 415. The Hall–Kier alpha value is -1.84. The van der Waals surface area contributed by atoms with E-state index >= 15 is 0 Å². The average Bonchev–Trinajstić information content (AvgIpc) is 2.63. The maximum Gasteiger partial charge on any atom is 0.198 e. The number of ether oxygens (including phenoxy) is 1. The smallest absolute Gasteiger partial charge is 0.198 e. The van der Waals surface area contributed by atoms with E-state index in [0.29, 0.717) is 18.0 Å². The molecule has 1 aromatic rings. The van der Waals surface area contributed by atoms with Crippen LogP contribution in [-0.4, -0.2) is 12.4 Å². The molecule has 4 heteroatoms. The molecule has 0 atom stereocenters. The fourth-order valence-electron chi connectivity index (χ4n) is 1.30. The molecule has 0 aromatic heterocycles. The molecule has 0 saturated carbocycles. The van der Waals surface area contributed by atoms with Crippen LogP contribution in [0.2, 0.25) is 0 Å². The number of ketones is 1. The second kappa shape index (κ2) is 4.13. The SMILES string of the molecule is O=C1C=C(NCc2ccccc2F)OC1. The molecular weight excluding hydrogens is 197 g/mol. The van der Waals surface area contributed by atoms with Crippen LogP contribution in [0, 0.1) is 5.82 Å². The van der Waals surface area contributed by atoms with Gasteiger partial charge in [-0.15, -0.1) is 0 Å². The van der Waals surface area contributed by atoms with Gasteiger partial charge in [0.1, 0.15) is 5.82 Å². The molecule has 0 unspecified atom stereocenters. The van der Waals surface area contributed by atoms with Gasteiger partial charge in [-0.1, -0.05) is 18.2 Å². The van der Waals surface area contributed by atoms with Gasteiger partial charge in [0.15, 0.2) is 18.3 Å². The molecule has 0 bridgehead atoms. The van der Waals surface area contributed by atoms with Crippen molar-refractivity contribution in [1.29, 1.82) is 0 Å². The van der Waals surface area contributed by atoms with Crippen molar-refractivity contribution < 1.29 is 13.9 Å². The highest BCUT2D eigenvalue weighted by molar-refractivity contribution is 5.92. The minimum absolute atomic E-state index is 0.0691. The molecule has 1 aromatic carbocycles. The average molecular weight is 207 g/mol. The fraction of sp³-hybridized carbons (Fsp3) is 0.182. The lowest BCUT2D eigenvalue weighted by molar-refractivity contribution is -0.115. The maximum atomic E-state index is 13.2. The topological polar surface area (TPSA) is 38.3 Å². The highest BCUT2D eigenvalue weighted by Gasteiger charge is 2.12. The van der Waals surface area contributed by atoms with Crippen molar-refractivity contribution in [3.8, 4) is 0 Å². The first-order chi connectivity index (χ1) is 7.25. The van der Waals surface area contributed by atoms with E-state index in [4.69, 9.17) is 4.74 Å². The van der Waals surface area contributed by atoms with E-state index in [1.54, 1.807) is 18.2 Å². The van der Waals surface area contributed by atoms with E-state index in [0.717, 1.165) is 0 Å². The van der Waals surface area contributed by atoms with Crippen LogP contribution in [0.25, 0.3) is 0 Å². The van der Waals surface area contributed by atoms with E-state index in [2.05, 4.69) is 5.32 Å². The van der Waals surface area contributed by atoms with Gasteiger partial charge in [0, 0.05) is 18.2 Å². The van der Waals surface area contributed by atoms with Crippen LogP contribution in [-0.2, 0) is 16.1 Å². The van der Waals surface area contributed by atoms with Gasteiger partial charge in [0.2, 0.25) is 0 Å². The van der Waals surface area contributed by atoms with Crippen molar-refractivity contribution in [2.24, 2.45) is 0 Å². The third kappa shape index (κ3) is 2.34. The highest BCUT2D eigenvalue weighted by Crippen LogP contribution is 2.08. The molecule has 0 radical (unpaired) electrons. The molecule has 78 valence electrons. The van der Waals surface area contributed by atoms with Crippen molar-refractivity contribution in [1.82, 2.24) is 5.32 Å². The molecule has 15 heavy (non-hydrogen) atoms. The summed E-state index contributed by atoms with van der Waals surface area (Å²) in [5.74, 6) is 0.0595. The lowest BCUT2D eigenvalue weighted by atomic mass is 10.2. The molecule has 2 rings (SSSR count). The van der Waals surface area contributed by atoms with E-state index in [-0.39, 0.29) is 18.2 Å². The van der Waals surface area contributed by atoms with Crippen LogP contribution >= 0.6 is 0 Å². The second-order valence-corrected chi connectivity index (χ2v) is 3.21. The molecule has 0 spiro atoms. The van der Waals surface area contributed by atoms with Crippen molar-refractivity contribution in [2.75, 3.05) is 6.61 Å². The fourth-order valence-corrected chi connectivity index (χ4v) is 1.30. The van der Waals surface area contributed by atoms with Crippen LogP contribution in [0.3, 0.4) is 0 Å². The minimum Gasteiger partial charge on any atom is -0.471 e. The first-order valence-corrected chi connectivity index (χ1v) is 4.60. The van der Waals surface area contributed by atoms with Gasteiger partial charge < -0.3 is 10.1 Å². The van der Waals surface area contributed by atoms with Gasteiger partial charge in [0.05, 0.1) is 0 Å². The molecule has 3 nitrogen and oxygen atoms in total. The van der Waals surface area contributed by atoms with Gasteiger partial charge in [0.25, 0.3) is 0 Å². The minimum atomic E-state index is -0.269. The van der Waals surface area contributed by atoms with Gasteiger partial charge in [-0.2, -0.15) is 0 Å². The number of rotatable bonds is 3. The maximum absolute atomic E-state index is 13.2. The Balaban J connectivity index is 1.97. The summed E-state index contributed by atoms with van der Waals surface area (Å²) in [5.41, 5.74) is 0.543. The molecule has 0 saturated heterocycles. The van der Waals surface area contributed by atoms with Gasteiger partial charge >= 0.3 is 0 Å². The van der Waals surface area contributed by atoms with Crippen LogP contribution in [0.5, 0.6) is 0 Å². The van der Waals surface area contributed by atoms with Gasteiger partial charge in [-0.3, -0.25) is 4.79 Å². The van der Waals surface area contributed by atoms with E-state index in [1.807, 2.05) is 0 Å². The third-order valence-electron chi connectivity index (χ3n) is 2.07. The lowest BCUT2D eigenvalue weighted by Crippen LogP contribution is -2.13. The zero-order valence-corrected chi connectivity index (χ0v) is 8.00. The number of halogens is 1. The molecule has 1 heterocycles. The Morgan fingerprint density at radius 1 is 1.40 bits per heavy atom. The molecule has 1 aliphatic heterocycles. The Labute approximate surface area is 86.6 Å². The molecule has 0 aliphatic carbocycles. The molecule has 0 amide bonds. The quantitative estimate of drug-likeness (QED) is 0.813. The number of carbonyl (C=O) groups is 1. The summed E-state index contributed by atoms with van der Waals surface area (Å²) in [7, 11) is 0. The van der Waals surface area contributed by atoms with Crippen molar-refractivity contribution in [3.63, 3.8) is 0 Å². The number of hydrogen-bond acceptors (Lipinski definition) is 3. The number of nitrogens with one attached hydrogen (secondary N) is 1. The lowest BCUT2D eigenvalue weighted by Gasteiger charge is -2.07. The Morgan fingerprint density at radius 3 is 2.87 bits per heavy atom. The molecule has 1 aliphatic rings. The Morgan fingerprint density at radius 2 is 2.20 bits per heavy atom. The van der Waals surface area contributed by atoms with Crippen molar-refractivity contribution in [3.05, 3.63) is 47.6 Å². The standard InChI is InChI=1S/C11H10FNO2/c12-10-4-2-1-3-8(10)6-13-11-5-9(14)7-15-11/h1-5,13H,6-7H2. The van der Waals surface area contributed by atoms with E-state index < -0.39 is 0 Å². The van der Waals surface area contributed by atoms with Crippen LogP contribution in [0.15, 0.2) is 36.2 Å². The molecule has 0 fully saturated rings. The van der Waals surface area contributed by atoms with Crippen LogP contribution < -0.4 is 5.32 Å². The highest BCUT2D eigenvalue weighted by atomic mass is 19.1. The number of hydrogen-bond donors (Lipinski definition) is 1. The van der Waals surface area contributed by atoms with Crippen LogP contribution in [0.1, 0.15) is 5.56 Å². The van der Waals surface area contributed by atoms with Crippen LogP contribution in [0.4, 0.5) is 4.39 Å². The zero-order valence-electron chi connectivity index (χ0n) is 8.00. The molecular formula is C11H10FNO2. The predicted molar refractivity (Wildman–Crippen MR) is 52.3 cm³/mol. The van der Waals surface area contributed by atoms with Crippen molar-refractivity contribution >= 4 is 5.78 Å². The molecule has 1 N–H and O–H groups in total. The normalized spacial score (nSPS) is 14.7. The third-order valence-corrected chi connectivity index (χ3v) is 2.07. The van der Waals surface area contributed by atoms with E-state index in [9.17, 15) is 9.18 Å². The van der Waals surface area contributed by atoms with Gasteiger partial charge in [-0.25, -0.2) is 4.39 Å². The van der Waals surface area contributed by atoms with Crippen molar-refractivity contribution in [2.45, 2.75) is 6.54 Å². The largest absolute Gasteiger partial charge is 0.471 e. The first-order valence-electron chi connectivity index (χ1n) is 4.60. The summed E-state index contributed by atoms with van der Waals surface area (Å²) in [6.45, 7) is 0.380. The predicted octanol–water partition coefficient (Wildman–Crippen LogP) is 1.36. The zero-order chi connectivity index (χ0) is 10.7. The monoisotopic (exact) mass is 207 g/mol. The summed E-state index contributed by atoms with van der Waals surface area (Å²) in [5, 5.41) is 2.85. The summed E-state index contributed by atoms with van der Waals surface area (Å²) in [4.78, 5) is 10.8. The summed E-state index contributed by atoms with van der Waals surface area (Å²) >= 11 is 0. The summed E-state index contributed by atoms with van der Waals surface area (Å²) in [6, 6.07) is 6.47. The summed E-state index contributed by atoms with van der Waals surface area (Å²) in [6.07, 6.45) is 1.38. The van der Waals surface area contributed by atoms with E-state index in [1.165, 1.54) is 12.1 Å². The number of benzene rings is 1. The Kier molecular flexibility index (Phi) is 2.67. The second-order valence-electron chi connectivity index (χ2n) is 3.21. The first kappa shape index (κ1) is 9.71. The summed E-state index contributed by atoms with van der Waals surface area (Å²) < 4.78 is 18.2.